The van der Waals surface area contributed by atoms with Crippen molar-refractivity contribution >= 4 is 11.6 Å². The zero-order valence-electron chi connectivity index (χ0n) is 9.86. The van der Waals surface area contributed by atoms with E-state index in [0.717, 1.165) is 19.3 Å². The van der Waals surface area contributed by atoms with Crippen LogP contribution in [0, 0.1) is 12.8 Å². The molecule has 2 atom stereocenters. The summed E-state index contributed by atoms with van der Waals surface area (Å²) in [5.74, 6) is 0.393. The van der Waals surface area contributed by atoms with Crippen molar-refractivity contribution in [3.8, 4) is 5.75 Å². The first-order valence-corrected chi connectivity index (χ1v) is 6.31. The third kappa shape index (κ3) is 2.41. The zero-order valence-corrected chi connectivity index (χ0v) is 10.6. The van der Waals surface area contributed by atoms with Gasteiger partial charge in [0.1, 0.15) is 5.75 Å². The van der Waals surface area contributed by atoms with E-state index >= 15 is 0 Å². The number of aliphatic hydroxyl groups excluding tert-OH is 1. The molecule has 0 heterocycles. The Morgan fingerprint density at radius 1 is 1.41 bits per heavy atom. The Kier molecular flexibility index (Phi) is 3.61. The summed E-state index contributed by atoms with van der Waals surface area (Å²) in [6, 6.07) is 2.75. The fourth-order valence-electron chi connectivity index (χ4n) is 2.27. The minimum absolute atomic E-state index is 0.139. The molecule has 1 aromatic carbocycles. The van der Waals surface area contributed by atoms with Gasteiger partial charge in [0.15, 0.2) is 0 Å². The smallest absolute Gasteiger partial charge is 0.123 e. The molecule has 0 bridgehead atoms. The third-order valence-corrected chi connectivity index (χ3v) is 3.87. The number of rotatable bonds is 3. The topological polar surface area (TPSA) is 66.5 Å². The van der Waals surface area contributed by atoms with Crippen LogP contribution in [-0.4, -0.2) is 16.3 Å². The van der Waals surface area contributed by atoms with Crippen molar-refractivity contribution in [2.45, 2.75) is 38.3 Å². The maximum atomic E-state index is 10.1. The molecule has 0 aromatic heterocycles. The van der Waals surface area contributed by atoms with Crippen LogP contribution in [0.25, 0.3) is 0 Å². The minimum atomic E-state index is -0.604. The number of halogens is 1. The van der Waals surface area contributed by atoms with Crippen LogP contribution in [0.3, 0.4) is 0 Å². The van der Waals surface area contributed by atoms with Gasteiger partial charge in [0.25, 0.3) is 0 Å². The van der Waals surface area contributed by atoms with E-state index in [4.69, 9.17) is 17.3 Å². The molecule has 0 saturated heterocycles. The quantitative estimate of drug-likeness (QED) is 0.778. The summed E-state index contributed by atoms with van der Waals surface area (Å²) >= 11 is 5.95. The Morgan fingerprint density at radius 3 is 2.59 bits per heavy atom. The minimum Gasteiger partial charge on any atom is -0.507 e. The summed E-state index contributed by atoms with van der Waals surface area (Å²) in [4.78, 5) is 0. The lowest BCUT2D eigenvalue weighted by atomic mass is 9.77. The molecule has 94 valence electrons. The van der Waals surface area contributed by atoms with E-state index in [1.54, 1.807) is 19.1 Å². The van der Waals surface area contributed by atoms with Gasteiger partial charge in [-0.1, -0.05) is 18.0 Å². The van der Waals surface area contributed by atoms with Crippen molar-refractivity contribution in [3.63, 3.8) is 0 Å². The van der Waals surface area contributed by atoms with Gasteiger partial charge >= 0.3 is 0 Å². The fraction of sp³-hybridized carbons (Fsp3) is 0.538. The van der Waals surface area contributed by atoms with Gasteiger partial charge < -0.3 is 15.9 Å². The van der Waals surface area contributed by atoms with E-state index in [1.165, 1.54) is 0 Å². The van der Waals surface area contributed by atoms with Gasteiger partial charge in [0, 0.05) is 10.6 Å². The molecule has 1 saturated carbocycles. The van der Waals surface area contributed by atoms with Crippen molar-refractivity contribution < 1.29 is 10.2 Å². The van der Waals surface area contributed by atoms with Gasteiger partial charge in [-0.25, -0.2) is 0 Å². The molecule has 1 fully saturated rings. The van der Waals surface area contributed by atoms with Gasteiger partial charge in [-0.3, -0.25) is 0 Å². The molecule has 0 aliphatic heterocycles. The molecule has 0 radical (unpaired) electrons. The highest BCUT2D eigenvalue weighted by Crippen LogP contribution is 2.38. The number of phenolic OH excluding ortho intramolecular Hbond substituents is 1. The molecule has 3 nitrogen and oxygen atoms in total. The lowest BCUT2D eigenvalue weighted by Gasteiger charge is -2.34. The SMILES string of the molecule is Cc1cc(Cl)cc([C@@H](N)[C@@H](O)C2CCC2)c1O. The van der Waals surface area contributed by atoms with Crippen LogP contribution in [-0.2, 0) is 0 Å². The number of hydrogen-bond acceptors (Lipinski definition) is 3. The van der Waals surface area contributed by atoms with Gasteiger partial charge in [0.2, 0.25) is 0 Å². The molecule has 0 unspecified atom stereocenters. The Labute approximate surface area is 106 Å². The summed E-state index contributed by atoms with van der Waals surface area (Å²) in [6.07, 6.45) is 2.56. The average molecular weight is 256 g/mol. The number of aryl methyl sites for hydroxylation is 1. The number of hydrogen-bond donors (Lipinski definition) is 3. The normalized spacial score (nSPS) is 19.8. The Bertz CT molecular complexity index is 418. The number of benzene rings is 1. The molecule has 0 spiro atoms. The summed E-state index contributed by atoms with van der Waals surface area (Å²) < 4.78 is 0. The highest BCUT2D eigenvalue weighted by molar-refractivity contribution is 6.30. The monoisotopic (exact) mass is 255 g/mol. The van der Waals surface area contributed by atoms with Crippen molar-refractivity contribution in [3.05, 3.63) is 28.3 Å². The summed E-state index contributed by atoms with van der Waals surface area (Å²) in [7, 11) is 0. The van der Waals surface area contributed by atoms with Crippen LogP contribution in [0.15, 0.2) is 12.1 Å². The summed E-state index contributed by atoms with van der Waals surface area (Å²) in [5, 5.41) is 20.6. The average Bonchev–Trinajstić information content (AvgIpc) is 2.19. The van der Waals surface area contributed by atoms with Gasteiger partial charge in [-0.2, -0.15) is 0 Å². The van der Waals surface area contributed by atoms with E-state index in [0.29, 0.717) is 16.1 Å². The number of aliphatic hydroxyl groups is 1. The van der Waals surface area contributed by atoms with Crippen molar-refractivity contribution in [2.24, 2.45) is 11.7 Å². The van der Waals surface area contributed by atoms with E-state index in [9.17, 15) is 10.2 Å². The molecule has 1 aromatic rings. The summed E-state index contributed by atoms with van der Waals surface area (Å²) in [6.45, 7) is 1.77. The molecule has 2 rings (SSSR count). The molecule has 1 aliphatic carbocycles. The highest BCUT2D eigenvalue weighted by Gasteiger charge is 2.32. The van der Waals surface area contributed by atoms with Crippen LogP contribution in [0.4, 0.5) is 0 Å². The van der Waals surface area contributed by atoms with Crippen LogP contribution in [0.1, 0.15) is 36.4 Å². The van der Waals surface area contributed by atoms with Crippen molar-refractivity contribution in [1.29, 1.82) is 0 Å². The molecule has 4 heteroatoms. The standard InChI is InChI=1S/C13H18ClNO2/c1-7-5-9(14)6-10(12(7)16)11(15)13(17)8-3-2-4-8/h5-6,8,11,13,16-17H,2-4,15H2,1H3/t11-,13+/m1/s1. The first-order chi connectivity index (χ1) is 8.00. The van der Waals surface area contributed by atoms with Crippen LogP contribution >= 0.6 is 11.6 Å². The largest absolute Gasteiger partial charge is 0.507 e. The summed E-state index contributed by atoms with van der Waals surface area (Å²) in [5.41, 5.74) is 7.24. The lowest BCUT2D eigenvalue weighted by Crippen LogP contribution is -2.36. The molecule has 0 amide bonds. The predicted octanol–water partition coefficient (Wildman–Crippen LogP) is 2.51. The van der Waals surface area contributed by atoms with Gasteiger partial charge in [0.05, 0.1) is 12.1 Å². The van der Waals surface area contributed by atoms with Crippen LogP contribution in [0.5, 0.6) is 5.75 Å². The number of aromatic hydroxyl groups is 1. The maximum Gasteiger partial charge on any atom is 0.123 e. The zero-order chi connectivity index (χ0) is 12.6. The number of nitrogens with two attached hydrogens (primary N) is 1. The molecular weight excluding hydrogens is 238 g/mol. The second-order valence-corrected chi connectivity index (χ2v) is 5.30. The second-order valence-electron chi connectivity index (χ2n) is 4.87. The van der Waals surface area contributed by atoms with Crippen molar-refractivity contribution in [2.75, 3.05) is 0 Å². The molecular formula is C13H18ClNO2. The third-order valence-electron chi connectivity index (χ3n) is 3.65. The first-order valence-electron chi connectivity index (χ1n) is 5.93. The first kappa shape index (κ1) is 12.7. The van der Waals surface area contributed by atoms with Crippen molar-refractivity contribution in [1.82, 2.24) is 0 Å². The second kappa shape index (κ2) is 4.84. The number of phenols is 1. The fourth-order valence-corrected chi connectivity index (χ4v) is 2.56. The van der Waals surface area contributed by atoms with E-state index in [1.807, 2.05) is 0 Å². The highest BCUT2D eigenvalue weighted by atomic mass is 35.5. The Hall–Kier alpha value is -0.770. The Balaban J connectivity index is 2.26. The molecule has 4 N–H and O–H groups in total. The van der Waals surface area contributed by atoms with Crippen LogP contribution < -0.4 is 5.73 Å². The van der Waals surface area contributed by atoms with Gasteiger partial charge in [-0.15, -0.1) is 0 Å². The molecule has 1 aliphatic rings. The molecule has 17 heavy (non-hydrogen) atoms. The van der Waals surface area contributed by atoms with E-state index < -0.39 is 12.1 Å². The lowest BCUT2D eigenvalue weighted by molar-refractivity contribution is 0.0407. The Morgan fingerprint density at radius 2 is 2.06 bits per heavy atom. The van der Waals surface area contributed by atoms with E-state index in [2.05, 4.69) is 0 Å². The predicted molar refractivity (Wildman–Crippen MR) is 68.1 cm³/mol. The maximum absolute atomic E-state index is 10.1. The van der Waals surface area contributed by atoms with Crippen LogP contribution in [0.2, 0.25) is 5.02 Å². The van der Waals surface area contributed by atoms with E-state index in [-0.39, 0.29) is 11.7 Å². The van der Waals surface area contributed by atoms with Gasteiger partial charge in [-0.05, 0) is 43.4 Å².